The van der Waals surface area contributed by atoms with E-state index in [2.05, 4.69) is 35.0 Å². The molecule has 1 saturated heterocycles. The van der Waals surface area contributed by atoms with Crippen LogP contribution in [0.4, 0.5) is 0 Å². The van der Waals surface area contributed by atoms with E-state index in [1.165, 1.54) is 48.8 Å². The van der Waals surface area contributed by atoms with E-state index in [4.69, 9.17) is 0 Å². The van der Waals surface area contributed by atoms with Crippen LogP contribution in [0, 0.1) is 5.92 Å². The number of likely N-dealkylation sites (tertiary alicyclic amines) is 1. The van der Waals surface area contributed by atoms with Gasteiger partial charge < -0.3 is 4.90 Å². The monoisotopic (exact) mass is 314 g/mol. The molecule has 2 aliphatic heterocycles. The van der Waals surface area contributed by atoms with E-state index in [1.807, 2.05) is 6.92 Å². The number of aryl methyl sites for hydroxylation is 1. The van der Waals surface area contributed by atoms with Gasteiger partial charge in [-0.2, -0.15) is 0 Å². The highest BCUT2D eigenvalue weighted by Gasteiger charge is 2.22. The van der Waals surface area contributed by atoms with Crippen LogP contribution < -0.4 is 0 Å². The van der Waals surface area contributed by atoms with Crippen molar-refractivity contribution in [1.29, 1.82) is 0 Å². The Hall–Kier alpha value is -1.35. The molecule has 0 saturated carbocycles. The quantitative estimate of drug-likeness (QED) is 0.829. The van der Waals surface area contributed by atoms with E-state index >= 15 is 0 Å². The molecule has 2 heterocycles. The van der Waals surface area contributed by atoms with Crippen LogP contribution in [-0.4, -0.2) is 35.8 Å². The standard InChI is InChI=1S/C20H30N2O/c1-3-20(23)22-11-5-8-17(13-22)7-4-6-16-9-10-18-14-21(2)15-19(18)12-16/h9-10,12,17H,3-8,11,13-15H2,1-2H3. The average Bonchev–Trinajstić information content (AvgIpc) is 2.93. The van der Waals surface area contributed by atoms with E-state index in [1.54, 1.807) is 0 Å². The maximum absolute atomic E-state index is 11.9. The molecule has 3 nitrogen and oxygen atoms in total. The van der Waals surface area contributed by atoms with Crippen LogP contribution in [0.3, 0.4) is 0 Å². The van der Waals surface area contributed by atoms with Gasteiger partial charge in [0.1, 0.15) is 0 Å². The van der Waals surface area contributed by atoms with Crippen molar-refractivity contribution in [2.45, 2.75) is 58.5 Å². The SMILES string of the molecule is CCC(=O)N1CCCC(CCCc2ccc3c(c2)CN(C)C3)C1. The van der Waals surface area contributed by atoms with Crippen molar-refractivity contribution in [1.82, 2.24) is 9.80 Å². The molecule has 0 radical (unpaired) electrons. The summed E-state index contributed by atoms with van der Waals surface area (Å²) >= 11 is 0. The first kappa shape index (κ1) is 16.5. The maximum Gasteiger partial charge on any atom is 0.222 e. The van der Waals surface area contributed by atoms with E-state index in [0.29, 0.717) is 18.2 Å². The predicted octanol–water partition coefficient (Wildman–Crippen LogP) is 3.60. The summed E-state index contributed by atoms with van der Waals surface area (Å²) < 4.78 is 0. The smallest absolute Gasteiger partial charge is 0.222 e. The molecule has 3 rings (SSSR count). The van der Waals surface area contributed by atoms with Crippen LogP contribution in [0.15, 0.2) is 18.2 Å². The number of carbonyl (C=O) groups excluding carboxylic acids is 1. The highest BCUT2D eigenvalue weighted by atomic mass is 16.2. The first-order valence-corrected chi connectivity index (χ1v) is 9.22. The van der Waals surface area contributed by atoms with Gasteiger partial charge in [0.05, 0.1) is 0 Å². The van der Waals surface area contributed by atoms with E-state index in [9.17, 15) is 4.79 Å². The van der Waals surface area contributed by atoms with Crippen LogP contribution in [-0.2, 0) is 24.3 Å². The summed E-state index contributed by atoms with van der Waals surface area (Å²) in [6.07, 6.45) is 6.80. The minimum atomic E-state index is 0.331. The molecule has 23 heavy (non-hydrogen) atoms. The zero-order chi connectivity index (χ0) is 16.2. The van der Waals surface area contributed by atoms with Crippen LogP contribution in [0.1, 0.15) is 55.7 Å². The number of fused-ring (bicyclic) bond motifs is 1. The minimum absolute atomic E-state index is 0.331. The van der Waals surface area contributed by atoms with Crippen LogP contribution >= 0.6 is 0 Å². The Bertz CT molecular complexity index is 555. The summed E-state index contributed by atoms with van der Waals surface area (Å²) in [5, 5.41) is 0. The molecular formula is C20H30N2O. The lowest BCUT2D eigenvalue weighted by molar-refractivity contribution is -0.132. The van der Waals surface area contributed by atoms with Crippen LogP contribution in [0.2, 0.25) is 0 Å². The summed E-state index contributed by atoms with van der Waals surface area (Å²) in [6, 6.07) is 7.04. The number of piperidine rings is 1. The largest absolute Gasteiger partial charge is 0.342 e. The molecule has 1 aromatic carbocycles. The predicted molar refractivity (Wildman–Crippen MR) is 94.1 cm³/mol. The van der Waals surface area contributed by atoms with Crippen molar-refractivity contribution in [3.05, 3.63) is 34.9 Å². The van der Waals surface area contributed by atoms with Gasteiger partial charge in [0, 0.05) is 32.6 Å². The number of benzene rings is 1. The second-order valence-electron chi connectivity index (χ2n) is 7.37. The third kappa shape index (κ3) is 4.14. The molecule has 0 aromatic heterocycles. The highest BCUT2D eigenvalue weighted by molar-refractivity contribution is 5.75. The normalized spacial score (nSPS) is 21.5. The number of carbonyl (C=O) groups is 1. The second-order valence-corrected chi connectivity index (χ2v) is 7.37. The Kier molecular flexibility index (Phi) is 5.37. The van der Waals surface area contributed by atoms with E-state index < -0.39 is 0 Å². The third-order valence-corrected chi connectivity index (χ3v) is 5.40. The van der Waals surface area contributed by atoms with Crippen molar-refractivity contribution in [2.24, 2.45) is 5.92 Å². The number of hydrogen-bond donors (Lipinski definition) is 0. The molecule has 3 heteroatoms. The Morgan fingerprint density at radius 1 is 1.26 bits per heavy atom. The Labute approximate surface area is 140 Å². The van der Waals surface area contributed by atoms with E-state index in [-0.39, 0.29) is 0 Å². The number of amides is 1. The fraction of sp³-hybridized carbons (Fsp3) is 0.650. The maximum atomic E-state index is 11.9. The van der Waals surface area contributed by atoms with Crippen molar-refractivity contribution in [3.63, 3.8) is 0 Å². The van der Waals surface area contributed by atoms with Crippen molar-refractivity contribution >= 4 is 5.91 Å². The van der Waals surface area contributed by atoms with Crippen LogP contribution in [0.25, 0.3) is 0 Å². The Balaban J connectivity index is 1.46. The summed E-state index contributed by atoms with van der Waals surface area (Å²) in [5.41, 5.74) is 4.50. The molecule has 0 aliphatic carbocycles. The second kappa shape index (κ2) is 7.48. The van der Waals surface area contributed by atoms with Gasteiger partial charge in [-0.05, 0) is 61.8 Å². The molecule has 0 N–H and O–H groups in total. The molecule has 2 aliphatic rings. The first-order valence-electron chi connectivity index (χ1n) is 9.22. The number of rotatable bonds is 5. The van der Waals surface area contributed by atoms with Crippen molar-refractivity contribution in [3.8, 4) is 0 Å². The molecule has 0 bridgehead atoms. The van der Waals surface area contributed by atoms with E-state index in [0.717, 1.165) is 26.2 Å². The van der Waals surface area contributed by atoms with Gasteiger partial charge >= 0.3 is 0 Å². The minimum Gasteiger partial charge on any atom is -0.342 e. The van der Waals surface area contributed by atoms with Gasteiger partial charge in [0.15, 0.2) is 0 Å². The molecular weight excluding hydrogens is 284 g/mol. The van der Waals surface area contributed by atoms with Gasteiger partial charge in [0.25, 0.3) is 0 Å². The van der Waals surface area contributed by atoms with Gasteiger partial charge in [-0.15, -0.1) is 0 Å². The lowest BCUT2D eigenvalue weighted by Gasteiger charge is -2.32. The molecule has 1 fully saturated rings. The third-order valence-electron chi connectivity index (χ3n) is 5.40. The van der Waals surface area contributed by atoms with Gasteiger partial charge in [-0.1, -0.05) is 25.1 Å². The topological polar surface area (TPSA) is 23.6 Å². The lowest BCUT2D eigenvalue weighted by atomic mass is 9.91. The molecule has 0 spiro atoms. The molecule has 126 valence electrons. The summed E-state index contributed by atoms with van der Waals surface area (Å²) in [7, 11) is 2.19. The fourth-order valence-corrected chi connectivity index (χ4v) is 4.12. The zero-order valence-electron chi connectivity index (χ0n) is 14.7. The lowest BCUT2D eigenvalue weighted by Crippen LogP contribution is -2.39. The van der Waals surface area contributed by atoms with Gasteiger partial charge in [0.2, 0.25) is 5.91 Å². The Morgan fingerprint density at radius 3 is 2.91 bits per heavy atom. The Morgan fingerprint density at radius 2 is 2.09 bits per heavy atom. The summed E-state index contributed by atoms with van der Waals surface area (Å²) in [5.74, 6) is 1.04. The molecule has 1 amide bonds. The van der Waals surface area contributed by atoms with Crippen molar-refractivity contribution < 1.29 is 4.79 Å². The average molecular weight is 314 g/mol. The van der Waals surface area contributed by atoms with Crippen LogP contribution in [0.5, 0.6) is 0 Å². The fourth-order valence-electron chi connectivity index (χ4n) is 4.12. The molecule has 1 atom stereocenters. The molecule has 1 unspecified atom stereocenters. The first-order chi connectivity index (χ1) is 11.2. The number of nitrogens with zero attached hydrogens (tertiary/aromatic N) is 2. The van der Waals surface area contributed by atoms with Gasteiger partial charge in [-0.3, -0.25) is 9.69 Å². The summed E-state index contributed by atoms with van der Waals surface area (Å²) in [6.45, 7) is 6.12. The zero-order valence-corrected chi connectivity index (χ0v) is 14.7. The number of hydrogen-bond acceptors (Lipinski definition) is 2. The van der Waals surface area contributed by atoms with Crippen molar-refractivity contribution in [2.75, 3.05) is 20.1 Å². The summed E-state index contributed by atoms with van der Waals surface area (Å²) in [4.78, 5) is 16.3. The molecule has 1 aromatic rings. The van der Waals surface area contributed by atoms with Gasteiger partial charge in [-0.25, -0.2) is 0 Å². The highest BCUT2D eigenvalue weighted by Crippen LogP contribution is 2.25.